The van der Waals surface area contributed by atoms with Gasteiger partial charge in [-0.1, -0.05) is 0 Å². The number of aliphatic hydroxyl groups is 1. The lowest BCUT2D eigenvalue weighted by molar-refractivity contribution is 0.0697. The van der Waals surface area contributed by atoms with E-state index in [9.17, 15) is 9.90 Å². The first-order chi connectivity index (χ1) is 9.65. The normalized spacial score (nSPS) is 16.1. The highest BCUT2D eigenvalue weighted by molar-refractivity contribution is 5.96. The molecule has 1 atom stereocenters. The first-order valence-corrected chi connectivity index (χ1v) is 6.55. The molecule has 0 saturated heterocycles. The molecular weight excluding hydrogens is 258 g/mol. The number of aromatic nitrogens is 2. The molecule has 1 saturated carbocycles. The van der Waals surface area contributed by atoms with E-state index in [0.29, 0.717) is 23.8 Å². The zero-order chi connectivity index (χ0) is 14.1. The Bertz CT molecular complexity index is 655. The fourth-order valence-electron chi connectivity index (χ4n) is 2.18. The molecular formula is C14H15N3O3. The fraction of sp³-hybridized carbons (Fsp3) is 0.357. The van der Waals surface area contributed by atoms with Crippen LogP contribution in [0.3, 0.4) is 0 Å². The van der Waals surface area contributed by atoms with Gasteiger partial charge in [0, 0.05) is 11.9 Å². The van der Waals surface area contributed by atoms with E-state index in [1.165, 1.54) is 18.5 Å². The largest absolute Gasteiger partial charge is 0.478 e. The number of rotatable bonds is 5. The van der Waals surface area contributed by atoms with Crippen molar-refractivity contribution in [1.29, 1.82) is 0 Å². The lowest BCUT2D eigenvalue weighted by atomic mass is 10.1. The Morgan fingerprint density at radius 3 is 2.90 bits per heavy atom. The number of aromatic carboxylic acids is 1. The number of nitrogens with zero attached hydrogens (tertiary/aromatic N) is 2. The highest BCUT2D eigenvalue weighted by Gasteiger charge is 2.29. The summed E-state index contributed by atoms with van der Waals surface area (Å²) in [5.41, 5.74) is 0.767. The standard InChI is InChI=1S/C14H15N3O3/c18-12(8-1-2-8)6-15-13-10-4-3-9(14(19)20)5-11(10)16-7-17-13/h3-5,7-8,12,18H,1-2,6H2,(H,19,20)(H,15,16,17). The third-order valence-corrected chi connectivity index (χ3v) is 3.53. The van der Waals surface area contributed by atoms with E-state index in [1.54, 1.807) is 6.07 Å². The Hall–Kier alpha value is -2.21. The van der Waals surface area contributed by atoms with Crippen molar-refractivity contribution in [3.8, 4) is 0 Å². The van der Waals surface area contributed by atoms with Gasteiger partial charge < -0.3 is 15.5 Å². The average Bonchev–Trinajstić information content (AvgIpc) is 3.28. The summed E-state index contributed by atoms with van der Waals surface area (Å²) >= 11 is 0. The maximum absolute atomic E-state index is 10.9. The number of fused-ring (bicyclic) bond motifs is 1. The zero-order valence-corrected chi connectivity index (χ0v) is 10.8. The van der Waals surface area contributed by atoms with Crippen molar-refractivity contribution in [1.82, 2.24) is 9.97 Å². The van der Waals surface area contributed by atoms with Gasteiger partial charge in [0.05, 0.1) is 17.2 Å². The number of carbonyl (C=O) groups is 1. The minimum absolute atomic E-state index is 0.195. The van der Waals surface area contributed by atoms with Gasteiger partial charge in [0.2, 0.25) is 0 Å². The summed E-state index contributed by atoms with van der Waals surface area (Å²) in [6.07, 6.45) is 3.18. The van der Waals surface area contributed by atoms with Gasteiger partial charge >= 0.3 is 5.97 Å². The van der Waals surface area contributed by atoms with Crippen molar-refractivity contribution in [2.75, 3.05) is 11.9 Å². The van der Waals surface area contributed by atoms with Crippen LogP contribution >= 0.6 is 0 Å². The molecule has 1 heterocycles. The third kappa shape index (κ3) is 2.55. The topological polar surface area (TPSA) is 95.3 Å². The van der Waals surface area contributed by atoms with E-state index in [2.05, 4.69) is 15.3 Å². The molecule has 3 N–H and O–H groups in total. The third-order valence-electron chi connectivity index (χ3n) is 3.53. The molecule has 20 heavy (non-hydrogen) atoms. The summed E-state index contributed by atoms with van der Waals surface area (Å²) in [7, 11) is 0. The predicted molar refractivity (Wildman–Crippen MR) is 73.7 cm³/mol. The van der Waals surface area contributed by atoms with E-state index in [-0.39, 0.29) is 11.7 Å². The lowest BCUT2D eigenvalue weighted by Gasteiger charge is -2.12. The van der Waals surface area contributed by atoms with Crippen molar-refractivity contribution in [3.05, 3.63) is 30.1 Å². The van der Waals surface area contributed by atoms with E-state index in [0.717, 1.165) is 18.2 Å². The van der Waals surface area contributed by atoms with Gasteiger partial charge in [-0.05, 0) is 37.0 Å². The number of hydrogen-bond acceptors (Lipinski definition) is 5. The molecule has 1 fully saturated rings. The Balaban J connectivity index is 1.84. The van der Waals surface area contributed by atoms with Gasteiger partial charge in [0.25, 0.3) is 0 Å². The molecule has 2 aromatic rings. The highest BCUT2D eigenvalue weighted by Crippen LogP contribution is 2.32. The Labute approximate surface area is 115 Å². The van der Waals surface area contributed by atoms with Crippen LogP contribution in [0.25, 0.3) is 10.9 Å². The SMILES string of the molecule is O=C(O)c1ccc2c(NCC(O)C3CC3)ncnc2c1. The first kappa shape index (κ1) is 12.8. The van der Waals surface area contributed by atoms with Crippen LogP contribution in [0.1, 0.15) is 23.2 Å². The number of hydrogen-bond donors (Lipinski definition) is 3. The summed E-state index contributed by atoms with van der Waals surface area (Å²) in [6, 6.07) is 4.73. The lowest BCUT2D eigenvalue weighted by Crippen LogP contribution is -2.21. The highest BCUT2D eigenvalue weighted by atomic mass is 16.4. The molecule has 0 amide bonds. The van der Waals surface area contributed by atoms with Crippen LogP contribution in [0.15, 0.2) is 24.5 Å². The second kappa shape index (κ2) is 5.05. The predicted octanol–water partition coefficient (Wildman–Crippen LogP) is 1.51. The zero-order valence-electron chi connectivity index (χ0n) is 10.8. The van der Waals surface area contributed by atoms with E-state index >= 15 is 0 Å². The summed E-state index contributed by atoms with van der Waals surface area (Å²) in [6.45, 7) is 0.442. The number of carboxylic acids is 1. The molecule has 1 aromatic heterocycles. The minimum Gasteiger partial charge on any atom is -0.478 e. The van der Waals surface area contributed by atoms with Crippen LogP contribution in [-0.4, -0.2) is 38.8 Å². The molecule has 104 valence electrons. The minimum atomic E-state index is -0.982. The molecule has 6 heteroatoms. The monoisotopic (exact) mass is 273 g/mol. The summed E-state index contributed by atoms with van der Waals surface area (Å²) < 4.78 is 0. The van der Waals surface area contributed by atoms with Gasteiger partial charge in [-0.3, -0.25) is 0 Å². The van der Waals surface area contributed by atoms with Crippen LogP contribution in [0.2, 0.25) is 0 Å². The van der Waals surface area contributed by atoms with Gasteiger partial charge in [-0.25, -0.2) is 14.8 Å². The molecule has 0 radical (unpaired) electrons. The number of benzene rings is 1. The van der Waals surface area contributed by atoms with E-state index < -0.39 is 5.97 Å². The van der Waals surface area contributed by atoms with Gasteiger partial charge in [-0.2, -0.15) is 0 Å². The maximum atomic E-state index is 10.9. The van der Waals surface area contributed by atoms with Crippen LogP contribution in [0.4, 0.5) is 5.82 Å². The maximum Gasteiger partial charge on any atom is 0.335 e. The number of carboxylic acid groups (broad SMARTS) is 1. The van der Waals surface area contributed by atoms with Crippen molar-refractivity contribution in [2.24, 2.45) is 5.92 Å². The number of aliphatic hydroxyl groups excluding tert-OH is 1. The Morgan fingerprint density at radius 1 is 1.40 bits per heavy atom. The molecule has 0 bridgehead atoms. The summed E-state index contributed by atoms with van der Waals surface area (Å²) in [4.78, 5) is 19.2. The quantitative estimate of drug-likeness (QED) is 0.764. The van der Waals surface area contributed by atoms with Crippen molar-refractivity contribution < 1.29 is 15.0 Å². The van der Waals surface area contributed by atoms with Crippen LogP contribution < -0.4 is 5.32 Å². The van der Waals surface area contributed by atoms with Gasteiger partial charge in [0.1, 0.15) is 12.1 Å². The first-order valence-electron chi connectivity index (χ1n) is 6.55. The molecule has 0 spiro atoms. The summed E-state index contributed by atoms with van der Waals surface area (Å²) in [5, 5.41) is 22.7. The second-order valence-electron chi connectivity index (χ2n) is 5.05. The van der Waals surface area contributed by atoms with Crippen molar-refractivity contribution in [2.45, 2.75) is 18.9 Å². The van der Waals surface area contributed by atoms with E-state index in [4.69, 9.17) is 5.11 Å². The van der Waals surface area contributed by atoms with Crippen LogP contribution in [-0.2, 0) is 0 Å². The molecule has 0 aliphatic heterocycles. The summed E-state index contributed by atoms with van der Waals surface area (Å²) in [5.74, 6) is 0.0324. The smallest absolute Gasteiger partial charge is 0.335 e. The molecule has 1 unspecified atom stereocenters. The van der Waals surface area contributed by atoms with Crippen LogP contribution in [0.5, 0.6) is 0 Å². The van der Waals surface area contributed by atoms with Crippen molar-refractivity contribution in [3.63, 3.8) is 0 Å². The van der Waals surface area contributed by atoms with Gasteiger partial charge in [0.15, 0.2) is 0 Å². The number of anilines is 1. The molecule has 1 aromatic carbocycles. The Morgan fingerprint density at radius 2 is 2.20 bits per heavy atom. The molecule has 6 nitrogen and oxygen atoms in total. The molecule has 1 aliphatic carbocycles. The number of nitrogens with one attached hydrogen (secondary N) is 1. The Kier molecular flexibility index (Phi) is 3.23. The molecule has 1 aliphatic rings. The van der Waals surface area contributed by atoms with Gasteiger partial charge in [-0.15, -0.1) is 0 Å². The average molecular weight is 273 g/mol. The van der Waals surface area contributed by atoms with Crippen molar-refractivity contribution >= 4 is 22.7 Å². The second-order valence-corrected chi connectivity index (χ2v) is 5.05. The van der Waals surface area contributed by atoms with Crippen LogP contribution in [0, 0.1) is 5.92 Å². The fourth-order valence-corrected chi connectivity index (χ4v) is 2.18. The van der Waals surface area contributed by atoms with E-state index in [1.807, 2.05) is 0 Å². The molecule has 3 rings (SSSR count).